The number of sulfone groups is 1. The van der Waals surface area contributed by atoms with Crippen LogP contribution in [0.2, 0.25) is 0 Å². The van der Waals surface area contributed by atoms with Gasteiger partial charge in [0.25, 0.3) is 0 Å². The lowest BCUT2D eigenvalue weighted by molar-refractivity contribution is 0.437. The predicted octanol–water partition coefficient (Wildman–Crippen LogP) is 2.82. The Bertz CT molecular complexity index is 478. The molecule has 1 rings (SSSR count). The molecule has 1 atom stereocenters. The predicted molar refractivity (Wildman–Crippen MR) is 68.8 cm³/mol. The summed E-state index contributed by atoms with van der Waals surface area (Å²) in [6.07, 6.45) is 6.66. The van der Waals surface area contributed by atoms with Crippen LogP contribution in [0.1, 0.15) is 33.1 Å². The zero-order valence-electron chi connectivity index (χ0n) is 10.6. The lowest BCUT2D eigenvalue weighted by Gasteiger charge is -2.24. The summed E-state index contributed by atoms with van der Waals surface area (Å²) in [6, 6.07) is 2.21. The van der Waals surface area contributed by atoms with Crippen LogP contribution in [0.3, 0.4) is 0 Å². The van der Waals surface area contributed by atoms with Crippen LogP contribution in [0, 0.1) is 23.2 Å². The maximum atomic E-state index is 11.4. The van der Waals surface area contributed by atoms with Crippen LogP contribution >= 0.6 is 0 Å². The SMILES string of the molecule is CC(C)C(CC#N)C1=CC=C(S(C)(=O)=O)CC1. The van der Waals surface area contributed by atoms with Crippen molar-refractivity contribution in [3.63, 3.8) is 0 Å². The quantitative estimate of drug-likeness (QED) is 0.774. The third kappa shape index (κ3) is 3.71. The molecule has 0 aliphatic heterocycles. The van der Waals surface area contributed by atoms with Crippen LogP contribution in [-0.4, -0.2) is 14.7 Å². The van der Waals surface area contributed by atoms with E-state index in [9.17, 15) is 8.42 Å². The molecule has 0 saturated carbocycles. The van der Waals surface area contributed by atoms with Gasteiger partial charge in [-0.3, -0.25) is 0 Å². The molecule has 0 bridgehead atoms. The molecular formula is C13H19NO2S. The molecule has 4 heteroatoms. The van der Waals surface area contributed by atoms with E-state index in [1.54, 1.807) is 6.08 Å². The van der Waals surface area contributed by atoms with Crippen molar-refractivity contribution in [3.05, 3.63) is 22.6 Å². The Kier molecular flexibility index (Phi) is 4.53. The highest BCUT2D eigenvalue weighted by atomic mass is 32.2. The van der Waals surface area contributed by atoms with Crippen molar-refractivity contribution in [3.8, 4) is 6.07 Å². The molecule has 0 aromatic rings. The molecule has 0 amide bonds. The van der Waals surface area contributed by atoms with Crippen molar-refractivity contribution in [1.82, 2.24) is 0 Å². The molecule has 0 radical (unpaired) electrons. The van der Waals surface area contributed by atoms with Gasteiger partial charge in [0.2, 0.25) is 0 Å². The van der Waals surface area contributed by atoms with Gasteiger partial charge in [0, 0.05) is 17.6 Å². The fourth-order valence-corrected chi connectivity index (χ4v) is 2.93. The van der Waals surface area contributed by atoms with Crippen molar-refractivity contribution in [2.24, 2.45) is 11.8 Å². The van der Waals surface area contributed by atoms with Crippen molar-refractivity contribution >= 4 is 9.84 Å². The molecule has 0 heterocycles. The van der Waals surface area contributed by atoms with E-state index in [2.05, 4.69) is 19.9 Å². The molecular weight excluding hydrogens is 234 g/mol. The van der Waals surface area contributed by atoms with Gasteiger partial charge < -0.3 is 0 Å². The van der Waals surface area contributed by atoms with E-state index in [-0.39, 0.29) is 5.92 Å². The van der Waals surface area contributed by atoms with Crippen LogP contribution < -0.4 is 0 Å². The van der Waals surface area contributed by atoms with Crippen molar-refractivity contribution in [2.75, 3.05) is 6.26 Å². The standard InChI is InChI=1S/C13H19NO2S/c1-10(2)13(8-9-14)11-4-6-12(7-5-11)17(3,15)16/h4,6,10,13H,5,7-8H2,1-3H3. The molecule has 0 aromatic carbocycles. The Morgan fingerprint density at radius 1 is 1.35 bits per heavy atom. The van der Waals surface area contributed by atoms with Crippen molar-refractivity contribution in [2.45, 2.75) is 33.1 Å². The van der Waals surface area contributed by atoms with E-state index >= 15 is 0 Å². The van der Waals surface area contributed by atoms with Crippen molar-refractivity contribution < 1.29 is 8.42 Å². The third-order valence-electron chi connectivity index (χ3n) is 3.21. The topological polar surface area (TPSA) is 57.9 Å². The van der Waals surface area contributed by atoms with E-state index in [0.717, 1.165) is 6.42 Å². The van der Waals surface area contributed by atoms with E-state index in [0.29, 0.717) is 23.7 Å². The van der Waals surface area contributed by atoms with Gasteiger partial charge in [-0.2, -0.15) is 5.26 Å². The Balaban J connectivity index is 2.93. The minimum atomic E-state index is -3.06. The number of nitriles is 1. The van der Waals surface area contributed by atoms with Crippen LogP contribution in [0.15, 0.2) is 22.6 Å². The summed E-state index contributed by atoms with van der Waals surface area (Å²) < 4.78 is 22.7. The maximum Gasteiger partial charge on any atom is 0.171 e. The average Bonchev–Trinajstić information content (AvgIpc) is 2.24. The second kappa shape index (κ2) is 5.50. The first-order chi connectivity index (χ1) is 7.86. The number of allylic oxidation sites excluding steroid dienone is 4. The first-order valence-corrected chi connectivity index (χ1v) is 7.72. The summed E-state index contributed by atoms with van der Waals surface area (Å²) in [6.45, 7) is 4.19. The Morgan fingerprint density at radius 3 is 2.35 bits per heavy atom. The minimum Gasteiger partial charge on any atom is -0.224 e. The molecule has 0 fully saturated rings. The number of nitrogens with zero attached hydrogens (tertiary/aromatic N) is 1. The van der Waals surface area contributed by atoms with Gasteiger partial charge in [0.1, 0.15) is 0 Å². The van der Waals surface area contributed by atoms with Crippen LogP contribution in [0.25, 0.3) is 0 Å². The Morgan fingerprint density at radius 2 is 2.00 bits per heavy atom. The van der Waals surface area contributed by atoms with Crippen LogP contribution in [0.5, 0.6) is 0 Å². The Hall–Kier alpha value is -1.08. The minimum absolute atomic E-state index is 0.248. The highest BCUT2D eigenvalue weighted by Crippen LogP contribution is 2.32. The van der Waals surface area contributed by atoms with E-state index < -0.39 is 9.84 Å². The zero-order valence-corrected chi connectivity index (χ0v) is 11.4. The highest BCUT2D eigenvalue weighted by Gasteiger charge is 2.22. The molecule has 0 spiro atoms. The third-order valence-corrected chi connectivity index (χ3v) is 4.50. The lowest BCUT2D eigenvalue weighted by atomic mass is 9.82. The largest absolute Gasteiger partial charge is 0.224 e. The van der Waals surface area contributed by atoms with E-state index in [4.69, 9.17) is 5.26 Å². The molecule has 3 nitrogen and oxygen atoms in total. The molecule has 0 saturated heterocycles. The highest BCUT2D eigenvalue weighted by molar-refractivity contribution is 7.94. The fraction of sp³-hybridized carbons (Fsp3) is 0.615. The second-order valence-electron chi connectivity index (χ2n) is 4.86. The first kappa shape index (κ1) is 14.0. The summed E-state index contributed by atoms with van der Waals surface area (Å²) in [7, 11) is -3.06. The molecule has 1 aliphatic carbocycles. The fourth-order valence-electron chi connectivity index (χ4n) is 2.15. The van der Waals surface area contributed by atoms with Gasteiger partial charge in [-0.05, 0) is 30.8 Å². The summed E-state index contributed by atoms with van der Waals surface area (Å²) in [5.41, 5.74) is 1.20. The smallest absolute Gasteiger partial charge is 0.171 e. The average molecular weight is 253 g/mol. The summed E-state index contributed by atoms with van der Waals surface area (Å²) in [4.78, 5) is 0.501. The van der Waals surface area contributed by atoms with Crippen LogP contribution in [-0.2, 0) is 9.84 Å². The van der Waals surface area contributed by atoms with Gasteiger partial charge in [-0.15, -0.1) is 0 Å². The van der Waals surface area contributed by atoms with Gasteiger partial charge in [-0.1, -0.05) is 25.5 Å². The summed E-state index contributed by atoms with van der Waals surface area (Å²) in [5.74, 6) is 0.659. The number of rotatable bonds is 4. The molecule has 94 valence electrons. The lowest BCUT2D eigenvalue weighted by Crippen LogP contribution is -2.14. The zero-order chi connectivity index (χ0) is 13.1. The number of hydrogen-bond acceptors (Lipinski definition) is 3. The van der Waals surface area contributed by atoms with Gasteiger partial charge in [-0.25, -0.2) is 8.42 Å². The van der Waals surface area contributed by atoms with Crippen LogP contribution in [0.4, 0.5) is 0 Å². The second-order valence-corrected chi connectivity index (χ2v) is 6.93. The first-order valence-electron chi connectivity index (χ1n) is 5.83. The van der Waals surface area contributed by atoms with Gasteiger partial charge >= 0.3 is 0 Å². The van der Waals surface area contributed by atoms with Gasteiger partial charge in [0.05, 0.1) is 6.07 Å². The van der Waals surface area contributed by atoms with Gasteiger partial charge in [0.15, 0.2) is 9.84 Å². The maximum absolute atomic E-state index is 11.4. The summed E-state index contributed by atoms with van der Waals surface area (Å²) >= 11 is 0. The molecule has 17 heavy (non-hydrogen) atoms. The van der Waals surface area contributed by atoms with E-state index in [1.807, 2.05) is 6.08 Å². The normalized spacial score (nSPS) is 18.3. The molecule has 0 N–H and O–H groups in total. The molecule has 0 aromatic heterocycles. The molecule has 1 aliphatic rings. The Labute approximate surface area is 104 Å². The van der Waals surface area contributed by atoms with Crippen molar-refractivity contribution in [1.29, 1.82) is 5.26 Å². The monoisotopic (exact) mass is 253 g/mol. The summed E-state index contributed by atoms with van der Waals surface area (Å²) in [5, 5.41) is 8.81. The number of hydrogen-bond donors (Lipinski definition) is 0. The van der Waals surface area contributed by atoms with E-state index in [1.165, 1.54) is 11.8 Å². The molecule has 1 unspecified atom stereocenters.